The third kappa shape index (κ3) is 3.62. The number of rotatable bonds is 5. The summed E-state index contributed by atoms with van der Waals surface area (Å²) in [4.78, 5) is 22.3. The highest BCUT2D eigenvalue weighted by Gasteiger charge is 2.22. The monoisotopic (exact) mass is 443 g/mol. The first-order valence-electron chi connectivity index (χ1n) is 9.15. The lowest BCUT2D eigenvalue weighted by molar-refractivity contribution is 0.414. The Balaban J connectivity index is 1.93. The summed E-state index contributed by atoms with van der Waals surface area (Å²) in [5.74, 6) is 1.71. The second-order valence-corrected chi connectivity index (χ2v) is 7.75. The molecule has 0 atom stereocenters. The van der Waals surface area contributed by atoms with E-state index in [0.29, 0.717) is 44.8 Å². The van der Waals surface area contributed by atoms with E-state index in [4.69, 9.17) is 32.9 Å². The van der Waals surface area contributed by atoms with Crippen molar-refractivity contribution in [3.05, 3.63) is 74.3 Å². The normalized spacial score (nSPS) is 11.1. The van der Waals surface area contributed by atoms with Crippen LogP contribution in [0.25, 0.3) is 16.7 Å². The van der Waals surface area contributed by atoms with Crippen LogP contribution in [-0.2, 0) is 6.42 Å². The predicted octanol–water partition coefficient (Wildman–Crippen LogP) is 4.08. The van der Waals surface area contributed by atoms with Gasteiger partial charge in [-0.25, -0.2) is 9.67 Å². The highest BCUT2D eigenvalue weighted by atomic mass is 35.5. The minimum atomic E-state index is -0.281. The molecule has 0 radical (unpaired) electrons. The fourth-order valence-corrected chi connectivity index (χ4v) is 3.83. The number of methoxy groups -OCH3 is 1. The van der Waals surface area contributed by atoms with Crippen molar-refractivity contribution in [3.8, 4) is 11.4 Å². The maximum atomic E-state index is 13.0. The smallest absolute Gasteiger partial charge is 0.264 e. The summed E-state index contributed by atoms with van der Waals surface area (Å²) in [6.45, 7) is 0. The van der Waals surface area contributed by atoms with Gasteiger partial charge in [-0.3, -0.25) is 4.79 Å². The molecule has 0 fully saturated rings. The van der Waals surface area contributed by atoms with Crippen molar-refractivity contribution in [1.82, 2.24) is 19.7 Å². The SMILES string of the molecule is COc1cccc(Cc2nc3c(c(N(C)C)nn3-c3c(Cl)cccc3Cl)c(=O)[nH]2)c1. The topological polar surface area (TPSA) is 76.0 Å². The van der Waals surface area contributed by atoms with Gasteiger partial charge in [0.25, 0.3) is 5.56 Å². The molecule has 0 aliphatic heterocycles. The van der Waals surface area contributed by atoms with Crippen molar-refractivity contribution < 1.29 is 4.74 Å². The summed E-state index contributed by atoms with van der Waals surface area (Å²) in [5.41, 5.74) is 1.53. The van der Waals surface area contributed by atoms with Crippen molar-refractivity contribution in [2.45, 2.75) is 6.42 Å². The van der Waals surface area contributed by atoms with Gasteiger partial charge in [-0.15, -0.1) is 5.10 Å². The van der Waals surface area contributed by atoms with Crippen molar-refractivity contribution in [2.24, 2.45) is 0 Å². The Hall–Kier alpha value is -3.03. The molecule has 154 valence electrons. The fourth-order valence-electron chi connectivity index (χ4n) is 3.27. The minimum Gasteiger partial charge on any atom is -0.497 e. The van der Waals surface area contributed by atoms with Crippen LogP contribution in [-0.4, -0.2) is 41.0 Å². The zero-order valence-electron chi connectivity index (χ0n) is 16.6. The first kappa shape index (κ1) is 20.3. The molecule has 1 N–H and O–H groups in total. The Morgan fingerprint density at radius 3 is 2.50 bits per heavy atom. The molecule has 4 aromatic rings. The zero-order valence-corrected chi connectivity index (χ0v) is 18.1. The zero-order chi connectivity index (χ0) is 21.4. The van der Waals surface area contributed by atoms with Gasteiger partial charge in [0.1, 0.15) is 22.6 Å². The van der Waals surface area contributed by atoms with Gasteiger partial charge in [0.2, 0.25) is 0 Å². The van der Waals surface area contributed by atoms with Gasteiger partial charge in [0.05, 0.1) is 17.2 Å². The molecule has 0 saturated heterocycles. The van der Waals surface area contributed by atoms with Crippen LogP contribution >= 0.6 is 23.2 Å². The summed E-state index contributed by atoms with van der Waals surface area (Å²) in [6.07, 6.45) is 0.418. The molecule has 0 unspecified atom stereocenters. The van der Waals surface area contributed by atoms with E-state index in [9.17, 15) is 4.79 Å². The van der Waals surface area contributed by atoms with Crippen LogP contribution in [0.5, 0.6) is 5.75 Å². The standard InChI is InChI=1S/C21H19Cl2N5O2/c1-27(2)20-17-19(28(26-20)18-14(22)8-5-9-15(18)23)24-16(25-21(17)29)11-12-6-4-7-13(10-12)30-3/h4-10H,11H2,1-3H3,(H,24,25,29). The number of fused-ring (bicyclic) bond motifs is 1. The third-order valence-corrected chi connectivity index (χ3v) is 5.26. The van der Waals surface area contributed by atoms with Crippen molar-refractivity contribution in [3.63, 3.8) is 0 Å². The minimum absolute atomic E-state index is 0.281. The lowest BCUT2D eigenvalue weighted by Gasteiger charge is -2.09. The van der Waals surface area contributed by atoms with E-state index in [1.807, 2.05) is 38.4 Å². The van der Waals surface area contributed by atoms with Gasteiger partial charge in [0, 0.05) is 20.5 Å². The van der Waals surface area contributed by atoms with E-state index in [2.05, 4.69) is 10.1 Å². The van der Waals surface area contributed by atoms with Gasteiger partial charge >= 0.3 is 0 Å². The number of hydrogen-bond donors (Lipinski definition) is 1. The van der Waals surface area contributed by atoms with E-state index >= 15 is 0 Å². The summed E-state index contributed by atoms with van der Waals surface area (Å²) < 4.78 is 6.81. The molecular formula is C21H19Cl2N5O2. The van der Waals surface area contributed by atoms with E-state index in [1.165, 1.54) is 4.68 Å². The number of nitrogens with one attached hydrogen (secondary N) is 1. The molecule has 0 aliphatic rings. The van der Waals surface area contributed by atoms with Crippen LogP contribution in [0.15, 0.2) is 47.3 Å². The maximum absolute atomic E-state index is 13.0. The summed E-state index contributed by atoms with van der Waals surface area (Å²) >= 11 is 12.8. The van der Waals surface area contributed by atoms with Crippen LogP contribution in [0.1, 0.15) is 11.4 Å². The lowest BCUT2D eigenvalue weighted by atomic mass is 10.1. The molecule has 9 heteroatoms. The predicted molar refractivity (Wildman–Crippen MR) is 120 cm³/mol. The van der Waals surface area contributed by atoms with E-state index in [0.717, 1.165) is 11.3 Å². The number of halogens is 2. The number of benzene rings is 2. The lowest BCUT2D eigenvalue weighted by Crippen LogP contribution is -2.16. The van der Waals surface area contributed by atoms with E-state index in [-0.39, 0.29) is 5.56 Å². The molecule has 0 spiro atoms. The number of anilines is 1. The number of hydrogen-bond acceptors (Lipinski definition) is 5. The Kier molecular flexibility index (Phi) is 5.40. The number of aromatic amines is 1. The van der Waals surface area contributed by atoms with Crippen molar-refractivity contribution in [2.75, 3.05) is 26.1 Å². The molecule has 0 aliphatic carbocycles. The van der Waals surface area contributed by atoms with E-state index < -0.39 is 0 Å². The number of ether oxygens (including phenoxy) is 1. The van der Waals surface area contributed by atoms with Crippen LogP contribution in [0.4, 0.5) is 5.82 Å². The fraction of sp³-hybridized carbons (Fsp3) is 0.190. The molecule has 4 rings (SSSR count). The molecule has 2 heterocycles. The molecule has 0 bridgehead atoms. The third-order valence-electron chi connectivity index (χ3n) is 4.65. The molecular weight excluding hydrogens is 425 g/mol. The number of H-pyrrole nitrogens is 1. The van der Waals surface area contributed by atoms with Gasteiger partial charge in [0.15, 0.2) is 11.5 Å². The van der Waals surface area contributed by atoms with Gasteiger partial charge in [-0.05, 0) is 29.8 Å². The van der Waals surface area contributed by atoms with Crippen LogP contribution in [0, 0.1) is 0 Å². The first-order chi connectivity index (χ1) is 14.4. The van der Waals surface area contributed by atoms with Gasteiger partial charge in [-0.1, -0.05) is 41.4 Å². The highest BCUT2D eigenvalue weighted by molar-refractivity contribution is 6.37. The second-order valence-electron chi connectivity index (χ2n) is 6.94. The molecule has 30 heavy (non-hydrogen) atoms. The molecule has 7 nitrogen and oxygen atoms in total. The van der Waals surface area contributed by atoms with Crippen LogP contribution in [0.3, 0.4) is 0 Å². The Morgan fingerprint density at radius 1 is 1.13 bits per heavy atom. The van der Waals surface area contributed by atoms with Gasteiger partial charge < -0.3 is 14.6 Å². The Bertz CT molecular complexity index is 1280. The second kappa shape index (κ2) is 8.01. The van der Waals surface area contributed by atoms with Crippen LogP contribution < -0.4 is 15.2 Å². The summed E-state index contributed by atoms with van der Waals surface area (Å²) in [6, 6.07) is 12.8. The largest absolute Gasteiger partial charge is 0.497 e. The number of nitrogens with zero attached hydrogens (tertiary/aromatic N) is 4. The van der Waals surface area contributed by atoms with Crippen LogP contribution in [0.2, 0.25) is 10.0 Å². The Labute approximate surface area is 182 Å². The van der Waals surface area contributed by atoms with E-state index in [1.54, 1.807) is 30.2 Å². The first-order valence-corrected chi connectivity index (χ1v) is 9.91. The molecule has 2 aromatic heterocycles. The quantitative estimate of drug-likeness (QED) is 0.502. The molecule has 0 saturated carbocycles. The highest BCUT2D eigenvalue weighted by Crippen LogP contribution is 2.32. The average Bonchev–Trinajstić information content (AvgIpc) is 3.08. The van der Waals surface area contributed by atoms with Gasteiger partial charge in [-0.2, -0.15) is 0 Å². The molecule has 0 amide bonds. The maximum Gasteiger partial charge on any atom is 0.264 e. The average molecular weight is 444 g/mol. The summed E-state index contributed by atoms with van der Waals surface area (Å²) in [7, 11) is 5.23. The number of aromatic nitrogens is 4. The van der Waals surface area contributed by atoms with Crippen molar-refractivity contribution in [1.29, 1.82) is 0 Å². The van der Waals surface area contributed by atoms with Crippen molar-refractivity contribution >= 4 is 40.1 Å². The Morgan fingerprint density at radius 2 is 1.83 bits per heavy atom. The molecule has 2 aromatic carbocycles. The number of para-hydroxylation sites is 1. The summed E-state index contributed by atoms with van der Waals surface area (Å²) in [5, 5.41) is 5.78.